The second kappa shape index (κ2) is 7.87. The number of benzene rings is 2. The van der Waals surface area contributed by atoms with Gasteiger partial charge in [0.1, 0.15) is 0 Å². The Bertz CT molecular complexity index is 968. The van der Waals surface area contributed by atoms with Gasteiger partial charge in [0, 0.05) is 12.2 Å². The highest BCUT2D eigenvalue weighted by Crippen LogP contribution is 2.24. The Balaban J connectivity index is 1.70. The third kappa shape index (κ3) is 3.68. The van der Waals surface area contributed by atoms with Crippen LogP contribution in [0.2, 0.25) is 0 Å². The van der Waals surface area contributed by atoms with E-state index in [0.29, 0.717) is 5.69 Å². The Kier molecular flexibility index (Phi) is 5.35. The minimum absolute atomic E-state index is 0.0831. The molecular formula is C21H18N2O5. The van der Waals surface area contributed by atoms with Crippen LogP contribution >= 0.6 is 0 Å². The van der Waals surface area contributed by atoms with Gasteiger partial charge in [-0.3, -0.25) is 19.3 Å². The third-order valence-corrected chi connectivity index (χ3v) is 4.21. The summed E-state index contributed by atoms with van der Waals surface area (Å²) in [4.78, 5) is 50.2. The molecule has 142 valence electrons. The fraction of sp³-hybridized carbons (Fsp3) is 0.143. The molecule has 1 atom stereocenters. The zero-order valence-corrected chi connectivity index (χ0v) is 15.2. The lowest BCUT2D eigenvalue weighted by Gasteiger charge is -2.13. The third-order valence-electron chi connectivity index (χ3n) is 4.21. The Morgan fingerprint density at radius 1 is 1.11 bits per heavy atom. The van der Waals surface area contributed by atoms with Crippen LogP contribution in [0.1, 0.15) is 38.0 Å². The number of nitrogens with zero attached hydrogens (tertiary/aromatic N) is 1. The van der Waals surface area contributed by atoms with Gasteiger partial charge in [-0.1, -0.05) is 24.3 Å². The molecule has 3 rings (SSSR count). The maximum absolute atomic E-state index is 12.4. The molecule has 0 saturated heterocycles. The van der Waals surface area contributed by atoms with Crippen LogP contribution in [0.3, 0.4) is 0 Å². The first-order chi connectivity index (χ1) is 13.4. The number of carbonyl (C=O) groups is 4. The second-order valence-electron chi connectivity index (χ2n) is 6.17. The monoisotopic (exact) mass is 378 g/mol. The summed E-state index contributed by atoms with van der Waals surface area (Å²) in [6.45, 7) is 5.06. The molecule has 0 fully saturated rings. The number of carbonyl (C=O) groups excluding carboxylic acids is 4. The van der Waals surface area contributed by atoms with E-state index < -0.39 is 29.8 Å². The number of hydrogen-bond donors (Lipinski definition) is 1. The Labute approximate surface area is 161 Å². The average Bonchev–Trinajstić information content (AvgIpc) is 2.93. The molecule has 0 saturated carbocycles. The van der Waals surface area contributed by atoms with Gasteiger partial charge < -0.3 is 10.1 Å². The van der Waals surface area contributed by atoms with Gasteiger partial charge in [-0.25, -0.2) is 4.79 Å². The minimum atomic E-state index is -1.05. The highest BCUT2D eigenvalue weighted by Gasteiger charge is 2.35. The lowest BCUT2D eigenvalue weighted by atomic mass is 10.1. The number of ether oxygens (including phenoxy) is 1. The van der Waals surface area contributed by atoms with Crippen LogP contribution in [0.25, 0.3) is 0 Å². The van der Waals surface area contributed by atoms with Crippen LogP contribution in [0, 0.1) is 0 Å². The first kappa shape index (κ1) is 19.0. The average molecular weight is 378 g/mol. The molecule has 0 aliphatic carbocycles. The molecule has 1 N–H and O–H groups in total. The molecule has 2 aromatic rings. The van der Waals surface area contributed by atoms with E-state index in [2.05, 4.69) is 11.9 Å². The van der Waals surface area contributed by atoms with Crippen molar-refractivity contribution in [3.8, 4) is 0 Å². The summed E-state index contributed by atoms with van der Waals surface area (Å²) in [5.74, 6) is -2.18. The standard InChI is InChI=1S/C21H18N2O5/c1-3-11-23-19(25)16-10-9-14(12-17(16)20(23)26)21(27)28-13(2)18(24)22-15-7-5-4-6-8-15/h3-10,12-13H,1,11H2,2H3,(H,22,24). The predicted molar refractivity (Wildman–Crippen MR) is 102 cm³/mol. The van der Waals surface area contributed by atoms with Crippen molar-refractivity contribution in [3.05, 3.63) is 77.9 Å². The molecule has 7 heteroatoms. The maximum Gasteiger partial charge on any atom is 0.338 e. The van der Waals surface area contributed by atoms with E-state index in [1.165, 1.54) is 31.2 Å². The molecule has 2 aromatic carbocycles. The normalized spacial score (nSPS) is 13.7. The largest absolute Gasteiger partial charge is 0.449 e. The quantitative estimate of drug-likeness (QED) is 0.474. The van der Waals surface area contributed by atoms with E-state index in [1.807, 2.05) is 6.07 Å². The van der Waals surface area contributed by atoms with Crippen LogP contribution in [-0.2, 0) is 9.53 Å². The number of fused-ring (bicyclic) bond motifs is 1. The number of amides is 3. The van der Waals surface area contributed by atoms with E-state index >= 15 is 0 Å². The van der Waals surface area contributed by atoms with Crippen LogP contribution in [0.15, 0.2) is 61.2 Å². The van der Waals surface area contributed by atoms with Crippen LogP contribution in [0.5, 0.6) is 0 Å². The summed E-state index contributed by atoms with van der Waals surface area (Å²) in [7, 11) is 0. The van der Waals surface area contributed by atoms with Gasteiger partial charge in [0.25, 0.3) is 17.7 Å². The van der Waals surface area contributed by atoms with Crippen LogP contribution in [0.4, 0.5) is 5.69 Å². The molecule has 0 spiro atoms. The fourth-order valence-corrected chi connectivity index (χ4v) is 2.76. The van der Waals surface area contributed by atoms with Gasteiger partial charge in [-0.15, -0.1) is 6.58 Å². The number of anilines is 1. The van der Waals surface area contributed by atoms with Crippen LogP contribution < -0.4 is 5.32 Å². The second-order valence-corrected chi connectivity index (χ2v) is 6.17. The van der Waals surface area contributed by atoms with Crippen molar-refractivity contribution in [2.45, 2.75) is 13.0 Å². The summed E-state index contributed by atoms with van der Waals surface area (Å²) < 4.78 is 5.19. The summed E-state index contributed by atoms with van der Waals surface area (Å²) >= 11 is 0. The molecule has 7 nitrogen and oxygen atoms in total. The van der Waals surface area contributed by atoms with Gasteiger partial charge in [-0.05, 0) is 37.3 Å². The van der Waals surface area contributed by atoms with Crippen molar-refractivity contribution >= 4 is 29.4 Å². The first-order valence-corrected chi connectivity index (χ1v) is 8.60. The van der Waals surface area contributed by atoms with E-state index in [4.69, 9.17) is 4.74 Å². The molecule has 1 aliphatic rings. The molecular weight excluding hydrogens is 360 g/mol. The van der Waals surface area contributed by atoms with Crippen molar-refractivity contribution in [2.75, 3.05) is 11.9 Å². The minimum Gasteiger partial charge on any atom is -0.449 e. The fourth-order valence-electron chi connectivity index (χ4n) is 2.76. The number of nitrogens with one attached hydrogen (secondary N) is 1. The number of para-hydroxylation sites is 1. The Hall–Kier alpha value is -3.74. The van der Waals surface area contributed by atoms with E-state index in [0.717, 1.165) is 4.90 Å². The molecule has 0 aromatic heterocycles. The number of hydrogen-bond acceptors (Lipinski definition) is 5. The van der Waals surface area contributed by atoms with Crippen molar-refractivity contribution in [1.29, 1.82) is 0 Å². The van der Waals surface area contributed by atoms with Crippen molar-refractivity contribution < 1.29 is 23.9 Å². The maximum atomic E-state index is 12.4. The number of imide groups is 1. The van der Waals surface area contributed by atoms with Crippen LogP contribution in [-0.4, -0.2) is 41.2 Å². The van der Waals surface area contributed by atoms with Gasteiger partial charge in [0.05, 0.1) is 16.7 Å². The summed E-state index contributed by atoms with van der Waals surface area (Å²) in [5.41, 5.74) is 1.01. The molecule has 0 radical (unpaired) electrons. The SMILES string of the molecule is C=CCN1C(=O)c2ccc(C(=O)OC(C)C(=O)Nc3ccccc3)cc2C1=O. The summed E-state index contributed by atoms with van der Waals surface area (Å²) in [5, 5.41) is 2.64. The van der Waals surface area contributed by atoms with Gasteiger partial charge >= 0.3 is 5.97 Å². The smallest absolute Gasteiger partial charge is 0.338 e. The van der Waals surface area contributed by atoms with E-state index in [9.17, 15) is 19.2 Å². The molecule has 1 aliphatic heterocycles. The van der Waals surface area contributed by atoms with E-state index in [-0.39, 0.29) is 23.2 Å². The zero-order chi connectivity index (χ0) is 20.3. The topological polar surface area (TPSA) is 92.8 Å². The highest BCUT2D eigenvalue weighted by molar-refractivity contribution is 6.22. The molecule has 1 unspecified atom stereocenters. The summed E-state index contributed by atoms with van der Waals surface area (Å²) in [6.07, 6.45) is 0.403. The summed E-state index contributed by atoms with van der Waals surface area (Å²) in [6, 6.07) is 12.9. The number of esters is 1. The molecule has 3 amide bonds. The van der Waals surface area contributed by atoms with Gasteiger partial charge in [0.2, 0.25) is 0 Å². The number of rotatable bonds is 6. The lowest BCUT2D eigenvalue weighted by molar-refractivity contribution is -0.123. The Morgan fingerprint density at radius 3 is 2.46 bits per heavy atom. The highest BCUT2D eigenvalue weighted by atomic mass is 16.5. The molecule has 0 bridgehead atoms. The van der Waals surface area contributed by atoms with Crippen molar-refractivity contribution in [1.82, 2.24) is 4.90 Å². The predicted octanol–water partition coefficient (Wildman–Crippen LogP) is 2.65. The zero-order valence-electron chi connectivity index (χ0n) is 15.2. The van der Waals surface area contributed by atoms with Gasteiger partial charge in [0.15, 0.2) is 6.10 Å². The molecule has 28 heavy (non-hydrogen) atoms. The van der Waals surface area contributed by atoms with E-state index in [1.54, 1.807) is 24.3 Å². The van der Waals surface area contributed by atoms with Gasteiger partial charge in [-0.2, -0.15) is 0 Å². The molecule has 1 heterocycles. The first-order valence-electron chi connectivity index (χ1n) is 8.60. The van der Waals surface area contributed by atoms with Crippen molar-refractivity contribution in [2.24, 2.45) is 0 Å². The Morgan fingerprint density at radius 2 is 1.79 bits per heavy atom. The van der Waals surface area contributed by atoms with Crippen molar-refractivity contribution in [3.63, 3.8) is 0 Å². The lowest BCUT2D eigenvalue weighted by Crippen LogP contribution is -2.30.